The van der Waals surface area contributed by atoms with Crippen LogP contribution in [0.1, 0.15) is 53.0 Å². The Labute approximate surface area is 176 Å². The molecule has 0 bridgehead atoms. The van der Waals surface area contributed by atoms with Gasteiger partial charge in [-0.3, -0.25) is 9.59 Å². The number of rotatable bonds is 6. The zero-order valence-electron chi connectivity index (χ0n) is 17.4. The van der Waals surface area contributed by atoms with E-state index in [1.54, 1.807) is 30.3 Å². The van der Waals surface area contributed by atoms with Crippen molar-refractivity contribution in [2.75, 3.05) is 18.4 Å². The van der Waals surface area contributed by atoms with E-state index in [0.29, 0.717) is 16.8 Å². The topological polar surface area (TPSA) is 90.5 Å². The highest BCUT2D eigenvalue weighted by atomic mass is 16.2. The van der Waals surface area contributed by atoms with E-state index < -0.39 is 0 Å². The van der Waals surface area contributed by atoms with Gasteiger partial charge in [-0.2, -0.15) is 0 Å². The third kappa shape index (κ3) is 5.59. The number of amides is 4. The zero-order chi connectivity index (χ0) is 21.5. The highest BCUT2D eigenvalue weighted by Gasteiger charge is 2.19. The summed E-state index contributed by atoms with van der Waals surface area (Å²) >= 11 is 0. The lowest BCUT2D eigenvalue weighted by atomic mass is 10.1. The molecule has 1 aliphatic rings. The number of urea groups is 1. The van der Waals surface area contributed by atoms with E-state index in [9.17, 15) is 14.4 Å². The van der Waals surface area contributed by atoms with E-state index in [1.807, 2.05) is 36.9 Å². The van der Waals surface area contributed by atoms with Crippen LogP contribution in [0.2, 0.25) is 0 Å². The number of carbonyl (C=O) groups excluding carboxylic acids is 3. The number of hydrogen-bond donors (Lipinski definition) is 3. The van der Waals surface area contributed by atoms with Crippen LogP contribution in [0.15, 0.2) is 48.5 Å². The Kier molecular flexibility index (Phi) is 7.06. The molecule has 0 unspecified atom stereocenters. The molecule has 2 aromatic rings. The molecule has 1 saturated heterocycles. The van der Waals surface area contributed by atoms with Gasteiger partial charge in [0.05, 0.1) is 11.3 Å². The minimum Gasteiger partial charge on any atom is -0.348 e. The van der Waals surface area contributed by atoms with E-state index in [4.69, 9.17) is 0 Å². The molecule has 4 amide bonds. The molecule has 0 aliphatic carbocycles. The molecule has 0 radical (unpaired) electrons. The standard InChI is InChI=1S/C23H28N4O3/c1-16(2)25-23(30)26-20-11-4-3-10-19(20)21(28)24-15-17-8-7-9-18(14-17)22(29)27-12-5-6-13-27/h3-4,7-11,14,16H,5-6,12-13,15H2,1-2H3,(H,24,28)(H2,25,26,30). The molecule has 0 spiro atoms. The van der Waals surface area contributed by atoms with E-state index in [0.717, 1.165) is 31.5 Å². The summed E-state index contributed by atoms with van der Waals surface area (Å²) in [5, 5.41) is 8.32. The average molecular weight is 409 g/mol. The fourth-order valence-electron chi connectivity index (χ4n) is 3.41. The lowest BCUT2D eigenvalue weighted by molar-refractivity contribution is 0.0792. The number of nitrogens with zero attached hydrogens (tertiary/aromatic N) is 1. The maximum absolute atomic E-state index is 12.7. The lowest BCUT2D eigenvalue weighted by Crippen LogP contribution is -2.35. The predicted octanol–water partition coefficient (Wildman–Crippen LogP) is 3.38. The van der Waals surface area contributed by atoms with Crippen molar-refractivity contribution in [1.82, 2.24) is 15.5 Å². The Morgan fingerprint density at radius 3 is 2.47 bits per heavy atom. The third-order valence-corrected chi connectivity index (χ3v) is 4.86. The smallest absolute Gasteiger partial charge is 0.319 e. The van der Waals surface area contributed by atoms with Crippen LogP contribution in [0.3, 0.4) is 0 Å². The number of benzene rings is 2. The van der Waals surface area contributed by atoms with Gasteiger partial charge in [-0.1, -0.05) is 24.3 Å². The van der Waals surface area contributed by atoms with Crippen molar-refractivity contribution in [1.29, 1.82) is 0 Å². The molecule has 0 aromatic heterocycles. The number of hydrogen-bond acceptors (Lipinski definition) is 3. The summed E-state index contributed by atoms with van der Waals surface area (Å²) in [7, 11) is 0. The Hall–Kier alpha value is -3.35. The highest BCUT2D eigenvalue weighted by molar-refractivity contribution is 6.03. The lowest BCUT2D eigenvalue weighted by Gasteiger charge is -2.16. The van der Waals surface area contributed by atoms with E-state index >= 15 is 0 Å². The summed E-state index contributed by atoms with van der Waals surface area (Å²) < 4.78 is 0. The van der Waals surface area contributed by atoms with Gasteiger partial charge in [0.15, 0.2) is 0 Å². The maximum atomic E-state index is 12.7. The Morgan fingerprint density at radius 2 is 1.73 bits per heavy atom. The second kappa shape index (κ2) is 9.91. The molecule has 158 valence electrons. The normalized spacial score (nSPS) is 13.2. The van der Waals surface area contributed by atoms with Crippen LogP contribution in [-0.2, 0) is 6.54 Å². The molecule has 3 N–H and O–H groups in total. The zero-order valence-corrected chi connectivity index (χ0v) is 17.4. The van der Waals surface area contributed by atoms with Gasteiger partial charge in [-0.15, -0.1) is 0 Å². The first kappa shape index (κ1) is 21.4. The molecule has 0 saturated carbocycles. The Balaban J connectivity index is 1.64. The minimum absolute atomic E-state index is 0.0125. The van der Waals surface area contributed by atoms with Crippen LogP contribution in [0.5, 0.6) is 0 Å². The molecule has 1 heterocycles. The second-order valence-electron chi connectivity index (χ2n) is 7.68. The van der Waals surface area contributed by atoms with Crippen molar-refractivity contribution in [3.05, 3.63) is 65.2 Å². The van der Waals surface area contributed by atoms with Crippen LogP contribution in [0.4, 0.5) is 10.5 Å². The number of para-hydroxylation sites is 1. The van der Waals surface area contributed by atoms with Crippen molar-refractivity contribution in [2.45, 2.75) is 39.3 Å². The first-order valence-electron chi connectivity index (χ1n) is 10.3. The molecule has 2 aromatic carbocycles. The van der Waals surface area contributed by atoms with E-state index in [1.165, 1.54) is 0 Å². The fraction of sp³-hybridized carbons (Fsp3) is 0.348. The summed E-state index contributed by atoms with van der Waals surface area (Å²) in [4.78, 5) is 39.1. The molecule has 7 heteroatoms. The Morgan fingerprint density at radius 1 is 1.00 bits per heavy atom. The van der Waals surface area contributed by atoms with Crippen molar-refractivity contribution in [3.8, 4) is 0 Å². The van der Waals surface area contributed by atoms with E-state index in [-0.39, 0.29) is 30.4 Å². The second-order valence-corrected chi connectivity index (χ2v) is 7.68. The van der Waals surface area contributed by atoms with Gasteiger partial charge in [0.25, 0.3) is 11.8 Å². The molecule has 30 heavy (non-hydrogen) atoms. The largest absolute Gasteiger partial charge is 0.348 e. The number of nitrogens with one attached hydrogen (secondary N) is 3. The van der Waals surface area contributed by atoms with Crippen LogP contribution in [-0.4, -0.2) is 41.9 Å². The van der Waals surface area contributed by atoms with Gasteiger partial charge in [0, 0.05) is 31.2 Å². The first-order chi connectivity index (χ1) is 14.4. The maximum Gasteiger partial charge on any atom is 0.319 e. The summed E-state index contributed by atoms with van der Waals surface area (Å²) in [5.41, 5.74) is 2.29. The summed E-state index contributed by atoms with van der Waals surface area (Å²) in [6.45, 7) is 5.61. The van der Waals surface area contributed by atoms with Gasteiger partial charge in [-0.05, 0) is 56.5 Å². The summed E-state index contributed by atoms with van der Waals surface area (Å²) in [5.74, 6) is -0.266. The fourth-order valence-corrected chi connectivity index (χ4v) is 3.41. The van der Waals surface area contributed by atoms with Crippen molar-refractivity contribution in [3.63, 3.8) is 0 Å². The number of anilines is 1. The van der Waals surface area contributed by atoms with Crippen molar-refractivity contribution in [2.24, 2.45) is 0 Å². The van der Waals surface area contributed by atoms with Gasteiger partial charge in [0.1, 0.15) is 0 Å². The minimum atomic E-state index is -0.363. The van der Waals surface area contributed by atoms with Gasteiger partial charge < -0.3 is 20.9 Å². The van der Waals surface area contributed by atoms with Crippen LogP contribution < -0.4 is 16.0 Å². The van der Waals surface area contributed by atoms with Crippen LogP contribution in [0.25, 0.3) is 0 Å². The monoisotopic (exact) mass is 408 g/mol. The molecule has 1 aliphatic heterocycles. The molecule has 7 nitrogen and oxygen atoms in total. The van der Waals surface area contributed by atoms with Crippen LogP contribution >= 0.6 is 0 Å². The van der Waals surface area contributed by atoms with Gasteiger partial charge in [-0.25, -0.2) is 4.79 Å². The molecular weight excluding hydrogens is 380 g/mol. The molecule has 0 atom stereocenters. The van der Waals surface area contributed by atoms with E-state index in [2.05, 4.69) is 16.0 Å². The van der Waals surface area contributed by atoms with Crippen LogP contribution in [0, 0.1) is 0 Å². The van der Waals surface area contributed by atoms with Gasteiger partial charge in [0.2, 0.25) is 0 Å². The molecule has 3 rings (SSSR count). The number of carbonyl (C=O) groups is 3. The SMILES string of the molecule is CC(C)NC(=O)Nc1ccccc1C(=O)NCc1cccc(C(=O)N2CCCC2)c1. The predicted molar refractivity (Wildman–Crippen MR) is 116 cm³/mol. The molecular formula is C23H28N4O3. The highest BCUT2D eigenvalue weighted by Crippen LogP contribution is 2.16. The summed E-state index contributed by atoms with van der Waals surface area (Å²) in [6, 6.07) is 13.8. The Bertz CT molecular complexity index is 920. The molecule has 1 fully saturated rings. The van der Waals surface area contributed by atoms with Crippen molar-refractivity contribution >= 4 is 23.5 Å². The average Bonchev–Trinajstić information content (AvgIpc) is 3.26. The van der Waals surface area contributed by atoms with Crippen molar-refractivity contribution < 1.29 is 14.4 Å². The third-order valence-electron chi connectivity index (χ3n) is 4.86. The van der Waals surface area contributed by atoms with Gasteiger partial charge >= 0.3 is 6.03 Å². The summed E-state index contributed by atoms with van der Waals surface area (Å²) in [6.07, 6.45) is 2.09. The quantitative estimate of drug-likeness (QED) is 0.684. The number of likely N-dealkylation sites (tertiary alicyclic amines) is 1. The first-order valence-corrected chi connectivity index (χ1v) is 10.3.